The number of hydrogen-bond acceptors (Lipinski definition) is 2. The smallest absolute Gasteiger partial charge is 0.307 e. The maximum Gasteiger partial charge on any atom is 0.463 e. The third kappa shape index (κ3) is 2.74. The molecule has 0 saturated carbocycles. The Morgan fingerprint density at radius 3 is 1.35 bits per heavy atom. The van der Waals surface area contributed by atoms with Crippen LogP contribution >= 0.6 is 7.37 Å². The van der Waals surface area contributed by atoms with Gasteiger partial charge >= 0.3 is 31.0 Å². The first-order chi connectivity index (χ1) is 8.56. The summed E-state index contributed by atoms with van der Waals surface area (Å²) in [5.74, 6) is 1.07. The predicted octanol–water partition coefficient (Wildman–Crippen LogP) is 4.22. The second kappa shape index (κ2) is 5.11. The summed E-state index contributed by atoms with van der Waals surface area (Å²) in [4.78, 5) is 0. The lowest BCUT2D eigenvalue weighted by Crippen LogP contribution is -2.48. The Morgan fingerprint density at radius 1 is 0.850 bits per heavy atom. The molecular weight excluding hydrogens is 337 g/mol. The Balaban J connectivity index is 6.18. The van der Waals surface area contributed by atoms with E-state index in [1.807, 2.05) is 0 Å². The molecule has 0 amide bonds. The monoisotopic (exact) mass is 340 g/mol. The molecule has 0 aromatic carbocycles. The molecule has 0 heterocycles. The van der Waals surface area contributed by atoms with E-state index in [0.717, 1.165) is 5.92 Å². The number of terminal acetylenes is 1. The number of hydrogen-bond donors (Lipinski definition) is 0. The second-order valence-electron chi connectivity index (χ2n) is 3.11. The average Bonchev–Trinajstić information content (AvgIpc) is 2.22. The Morgan fingerprint density at radius 2 is 1.15 bits per heavy atom. The molecule has 0 unspecified atom stereocenters. The molecule has 0 aliphatic heterocycles. The topological polar surface area (TPSA) is 26.3 Å². The van der Waals surface area contributed by atoms with E-state index in [9.17, 15) is 48.5 Å². The van der Waals surface area contributed by atoms with E-state index < -0.39 is 37.7 Å². The fourth-order valence-corrected chi connectivity index (χ4v) is 2.40. The molecule has 118 valence electrons. The van der Waals surface area contributed by atoms with Crippen LogP contribution in [0, 0.1) is 12.3 Å². The highest BCUT2D eigenvalue weighted by atomic mass is 31.2. The van der Waals surface area contributed by atoms with Crippen LogP contribution in [0.4, 0.5) is 43.9 Å². The van der Waals surface area contributed by atoms with Crippen LogP contribution in [0.25, 0.3) is 0 Å². The highest BCUT2D eigenvalue weighted by molar-refractivity contribution is 7.61. The zero-order chi connectivity index (χ0) is 16.6. The summed E-state index contributed by atoms with van der Waals surface area (Å²) >= 11 is 0. The Labute approximate surface area is 104 Å². The van der Waals surface area contributed by atoms with Crippen molar-refractivity contribution in [2.24, 2.45) is 0 Å². The van der Waals surface area contributed by atoms with Crippen molar-refractivity contribution < 1.29 is 53.0 Å². The minimum Gasteiger partial charge on any atom is -0.307 e. The van der Waals surface area contributed by atoms with Crippen LogP contribution in [-0.2, 0) is 9.09 Å². The van der Waals surface area contributed by atoms with Crippen molar-refractivity contribution in [1.82, 2.24) is 0 Å². The summed E-state index contributed by atoms with van der Waals surface area (Å²) in [7, 11) is -7.94. The van der Waals surface area contributed by atoms with Crippen molar-refractivity contribution in [1.29, 1.82) is 0 Å². The van der Waals surface area contributed by atoms with Crippen molar-refractivity contribution in [2.45, 2.75) is 23.7 Å². The van der Waals surface area contributed by atoms with Gasteiger partial charge in [0.1, 0.15) is 6.61 Å². The summed E-state index contributed by atoms with van der Waals surface area (Å²) in [5.41, 5.74) is -13.9. The quantitative estimate of drug-likeness (QED) is 0.435. The third-order valence-electron chi connectivity index (χ3n) is 1.75. The van der Waals surface area contributed by atoms with Crippen molar-refractivity contribution in [3.63, 3.8) is 0 Å². The van der Waals surface area contributed by atoms with Gasteiger partial charge in [-0.05, 0) is 0 Å². The fraction of sp³-hybridized carbons (Fsp3) is 0.714. The Kier molecular flexibility index (Phi) is 4.87. The Bertz CT molecular complexity index is 412. The van der Waals surface area contributed by atoms with Crippen LogP contribution in [0.15, 0.2) is 0 Å². The maximum absolute atomic E-state index is 12.8. The lowest BCUT2D eigenvalue weighted by molar-refractivity contribution is -0.271. The molecule has 0 aromatic rings. The molecule has 0 fully saturated rings. The van der Waals surface area contributed by atoms with Crippen LogP contribution in [0.2, 0.25) is 0 Å². The van der Waals surface area contributed by atoms with Crippen LogP contribution in [-0.4, -0.2) is 30.3 Å². The summed E-state index contributed by atoms with van der Waals surface area (Å²) in [5, 5.41) is 0. The van der Waals surface area contributed by atoms with Crippen molar-refractivity contribution in [3.05, 3.63) is 0 Å². The highest BCUT2D eigenvalue weighted by Gasteiger charge is 2.85. The van der Waals surface area contributed by atoms with E-state index in [0.29, 0.717) is 0 Å². The van der Waals surface area contributed by atoms with E-state index in [4.69, 9.17) is 0 Å². The van der Waals surface area contributed by atoms with E-state index in [-0.39, 0.29) is 0 Å². The van der Waals surface area contributed by atoms with Gasteiger partial charge in [-0.25, -0.2) is 0 Å². The average molecular weight is 340 g/mol. The van der Waals surface area contributed by atoms with Crippen LogP contribution in [0.5, 0.6) is 0 Å². The molecule has 20 heavy (non-hydrogen) atoms. The summed E-state index contributed by atoms with van der Waals surface area (Å²) in [6, 6.07) is 0. The van der Waals surface area contributed by atoms with Gasteiger partial charge in [0.05, 0.1) is 0 Å². The molecule has 0 aliphatic rings. The predicted molar refractivity (Wildman–Crippen MR) is 44.4 cm³/mol. The first-order valence-corrected chi connectivity index (χ1v) is 5.76. The second-order valence-corrected chi connectivity index (χ2v) is 5.59. The number of halogens is 10. The SMILES string of the molecule is C#CCOP(=O)(C(F)(F)C(F)(F)F)C(F)(F)C(F)(F)F. The minimum absolute atomic E-state index is 1.07. The van der Waals surface area contributed by atoms with Gasteiger partial charge in [0.15, 0.2) is 0 Å². The lowest BCUT2D eigenvalue weighted by atomic mass is 10.7. The number of rotatable bonds is 4. The molecule has 0 N–H and O–H groups in total. The molecule has 0 atom stereocenters. The normalized spacial score (nSPS) is 15.1. The number of alkyl halides is 10. The zero-order valence-corrected chi connectivity index (χ0v) is 9.72. The molecular formula is C7H3F10O2P. The largest absolute Gasteiger partial charge is 0.463 e. The van der Waals surface area contributed by atoms with E-state index >= 15 is 0 Å². The lowest BCUT2D eigenvalue weighted by Gasteiger charge is -2.33. The molecule has 0 aliphatic carbocycles. The zero-order valence-electron chi connectivity index (χ0n) is 8.83. The van der Waals surface area contributed by atoms with Crippen LogP contribution < -0.4 is 0 Å². The van der Waals surface area contributed by atoms with E-state index in [1.165, 1.54) is 0 Å². The van der Waals surface area contributed by atoms with Gasteiger partial charge in [-0.2, -0.15) is 43.9 Å². The van der Waals surface area contributed by atoms with Gasteiger partial charge < -0.3 is 4.52 Å². The molecule has 0 bridgehead atoms. The molecule has 0 spiro atoms. The van der Waals surface area contributed by atoms with Crippen LogP contribution in [0.1, 0.15) is 0 Å². The first-order valence-electron chi connectivity index (χ1n) is 4.13. The van der Waals surface area contributed by atoms with Gasteiger partial charge in [0, 0.05) is 0 Å². The van der Waals surface area contributed by atoms with Crippen molar-refractivity contribution in [3.8, 4) is 12.3 Å². The van der Waals surface area contributed by atoms with E-state index in [1.54, 1.807) is 0 Å². The molecule has 0 aromatic heterocycles. The van der Waals surface area contributed by atoms with E-state index in [2.05, 4.69) is 10.9 Å². The molecule has 0 rings (SSSR count). The molecule has 2 nitrogen and oxygen atoms in total. The maximum atomic E-state index is 12.8. The van der Waals surface area contributed by atoms with Gasteiger partial charge in [-0.3, -0.25) is 4.57 Å². The minimum atomic E-state index is -7.94. The molecule has 0 saturated heterocycles. The van der Waals surface area contributed by atoms with Crippen molar-refractivity contribution in [2.75, 3.05) is 6.61 Å². The highest BCUT2D eigenvalue weighted by Crippen LogP contribution is 2.77. The summed E-state index contributed by atoms with van der Waals surface area (Å²) in [6.07, 6.45) is -9.64. The standard InChI is InChI=1S/C7H3F10O2P/c1-2-3-19-20(18,6(14,15)4(8,9)10)7(16,17)5(11,12)13/h1H,3H2. The van der Waals surface area contributed by atoms with Crippen molar-refractivity contribution >= 4 is 7.37 Å². The van der Waals surface area contributed by atoms with Gasteiger partial charge in [-0.15, -0.1) is 6.42 Å². The van der Waals surface area contributed by atoms with Crippen LogP contribution in [0.3, 0.4) is 0 Å². The summed E-state index contributed by atoms with van der Waals surface area (Å²) < 4.78 is 137. The molecule has 13 heteroatoms. The first kappa shape index (κ1) is 19.1. The summed E-state index contributed by atoms with van der Waals surface area (Å²) in [6.45, 7) is -1.87. The fourth-order valence-electron chi connectivity index (χ4n) is 0.800. The van der Waals surface area contributed by atoms with Gasteiger partial charge in [0.2, 0.25) is 0 Å². The van der Waals surface area contributed by atoms with Gasteiger partial charge in [0.25, 0.3) is 0 Å². The molecule has 0 radical (unpaired) electrons. The third-order valence-corrected chi connectivity index (χ3v) is 4.23. The van der Waals surface area contributed by atoms with Gasteiger partial charge in [-0.1, -0.05) is 5.92 Å². The Hall–Kier alpha value is -0.950.